The number of hydrogen-bond donors (Lipinski definition) is 2. The van der Waals surface area contributed by atoms with Gasteiger partial charge in [0.1, 0.15) is 5.82 Å². The van der Waals surface area contributed by atoms with Gasteiger partial charge in [0.25, 0.3) is 0 Å². The van der Waals surface area contributed by atoms with Gasteiger partial charge in [-0.3, -0.25) is 9.67 Å². The average Bonchev–Trinajstić information content (AvgIpc) is 2.99. The lowest BCUT2D eigenvalue weighted by Crippen LogP contribution is -2.38. The fourth-order valence-electron chi connectivity index (χ4n) is 2.56. The minimum atomic E-state index is -0.176. The zero-order chi connectivity index (χ0) is 18.2. The molecule has 0 radical (unpaired) electrons. The van der Waals surface area contributed by atoms with Crippen molar-refractivity contribution in [3.05, 3.63) is 53.1 Å². The second-order valence-electron chi connectivity index (χ2n) is 6.26. The van der Waals surface area contributed by atoms with Crippen molar-refractivity contribution in [1.29, 1.82) is 0 Å². The third-order valence-corrected chi connectivity index (χ3v) is 4.05. The number of nitrogens with zero attached hydrogens (tertiary/aromatic N) is 3. The fraction of sp³-hybridized carbons (Fsp3) is 0.474. The van der Waals surface area contributed by atoms with Gasteiger partial charge in [0, 0.05) is 26.3 Å². The van der Waals surface area contributed by atoms with Crippen LogP contribution in [0.4, 0.5) is 4.39 Å². The minimum Gasteiger partial charge on any atom is -0.357 e. The highest BCUT2D eigenvalue weighted by Gasteiger charge is 2.09. The first kappa shape index (κ1) is 19.0. The Balaban J connectivity index is 1.90. The number of halogens is 1. The normalized spacial score (nSPS) is 12.9. The van der Waals surface area contributed by atoms with Crippen LogP contribution in [0.2, 0.25) is 0 Å². The Bertz CT molecular complexity index is 708. The third-order valence-electron chi connectivity index (χ3n) is 4.05. The molecule has 0 fully saturated rings. The van der Waals surface area contributed by atoms with Crippen molar-refractivity contribution < 1.29 is 4.39 Å². The molecule has 0 amide bonds. The monoisotopic (exact) mass is 345 g/mol. The third kappa shape index (κ3) is 5.89. The number of benzene rings is 1. The second kappa shape index (κ2) is 9.20. The average molecular weight is 345 g/mol. The van der Waals surface area contributed by atoms with Gasteiger partial charge in [-0.25, -0.2) is 4.39 Å². The molecule has 1 unspecified atom stereocenters. The highest BCUT2D eigenvalue weighted by atomic mass is 19.1. The van der Waals surface area contributed by atoms with Gasteiger partial charge in [0.2, 0.25) is 0 Å². The van der Waals surface area contributed by atoms with Crippen LogP contribution >= 0.6 is 0 Å². The minimum absolute atomic E-state index is 0.0220. The Hall–Kier alpha value is -2.37. The lowest BCUT2D eigenvalue weighted by Gasteiger charge is -2.18. The van der Waals surface area contributed by atoms with Crippen molar-refractivity contribution in [3.63, 3.8) is 0 Å². The van der Waals surface area contributed by atoms with Crippen LogP contribution in [0.3, 0.4) is 0 Å². The van der Waals surface area contributed by atoms with E-state index in [1.54, 1.807) is 19.1 Å². The molecular weight excluding hydrogens is 317 g/mol. The smallest absolute Gasteiger partial charge is 0.191 e. The molecule has 0 bridgehead atoms. The second-order valence-corrected chi connectivity index (χ2v) is 6.26. The molecule has 1 heterocycles. The quantitative estimate of drug-likeness (QED) is 0.460. The maximum absolute atomic E-state index is 13.8. The van der Waals surface area contributed by atoms with Crippen molar-refractivity contribution in [2.24, 2.45) is 12.0 Å². The van der Waals surface area contributed by atoms with E-state index in [0.29, 0.717) is 5.56 Å². The van der Waals surface area contributed by atoms with Crippen LogP contribution in [-0.4, -0.2) is 28.8 Å². The predicted molar refractivity (Wildman–Crippen MR) is 100 cm³/mol. The Morgan fingerprint density at radius 2 is 2.20 bits per heavy atom. The molecule has 0 aliphatic carbocycles. The van der Waals surface area contributed by atoms with Crippen LogP contribution in [0.1, 0.15) is 43.0 Å². The Kier molecular flexibility index (Phi) is 6.98. The topological polar surface area (TPSA) is 54.2 Å². The standard InChI is InChI=1S/C19H28FN5/c1-5-21-19(22-10-6-7-16-12-23-25(4)13-16)24-15(3)17-9-8-14(2)18(20)11-17/h8-9,11-13,15H,5-7,10H2,1-4H3,(H2,21,22,24). The van der Waals surface area contributed by atoms with Gasteiger partial charge in [-0.05, 0) is 56.4 Å². The Morgan fingerprint density at radius 3 is 2.84 bits per heavy atom. The molecule has 0 saturated heterocycles. The summed E-state index contributed by atoms with van der Waals surface area (Å²) in [5.74, 6) is 0.576. The molecule has 1 aromatic heterocycles. The first-order valence-corrected chi connectivity index (χ1v) is 8.78. The lowest BCUT2D eigenvalue weighted by molar-refractivity contribution is 0.607. The van der Waals surface area contributed by atoms with Crippen molar-refractivity contribution in [2.45, 2.75) is 39.7 Å². The highest BCUT2D eigenvalue weighted by molar-refractivity contribution is 5.80. The summed E-state index contributed by atoms with van der Waals surface area (Å²) in [5, 5.41) is 10.8. The summed E-state index contributed by atoms with van der Waals surface area (Å²) >= 11 is 0. The molecule has 6 heteroatoms. The molecule has 0 aliphatic heterocycles. The number of guanidine groups is 1. The van der Waals surface area contributed by atoms with E-state index in [0.717, 1.165) is 37.5 Å². The van der Waals surface area contributed by atoms with Crippen molar-refractivity contribution >= 4 is 5.96 Å². The SMILES string of the molecule is CCNC(=NCCCc1cnn(C)c1)NC(C)c1ccc(C)c(F)c1. The van der Waals surface area contributed by atoms with E-state index in [4.69, 9.17) is 0 Å². The first-order chi connectivity index (χ1) is 12.0. The summed E-state index contributed by atoms with van der Waals surface area (Å²) in [6, 6.07) is 5.31. The van der Waals surface area contributed by atoms with Crippen molar-refractivity contribution in [1.82, 2.24) is 20.4 Å². The van der Waals surface area contributed by atoms with E-state index in [1.165, 1.54) is 5.56 Å². The molecule has 25 heavy (non-hydrogen) atoms. The van der Waals surface area contributed by atoms with E-state index in [1.807, 2.05) is 44.0 Å². The summed E-state index contributed by atoms with van der Waals surface area (Å²) in [4.78, 5) is 4.61. The van der Waals surface area contributed by atoms with Gasteiger partial charge < -0.3 is 10.6 Å². The highest BCUT2D eigenvalue weighted by Crippen LogP contribution is 2.16. The molecule has 1 atom stereocenters. The molecule has 2 aromatic rings. The number of aliphatic imine (C=N–C) groups is 1. The maximum atomic E-state index is 13.8. The van der Waals surface area contributed by atoms with Gasteiger partial charge in [-0.1, -0.05) is 12.1 Å². The molecular formula is C19H28FN5. The van der Waals surface area contributed by atoms with E-state index in [9.17, 15) is 4.39 Å². The first-order valence-electron chi connectivity index (χ1n) is 8.78. The zero-order valence-electron chi connectivity index (χ0n) is 15.5. The summed E-state index contributed by atoms with van der Waals surface area (Å²) in [6.07, 6.45) is 5.83. The summed E-state index contributed by atoms with van der Waals surface area (Å²) < 4.78 is 15.6. The fourth-order valence-corrected chi connectivity index (χ4v) is 2.56. The number of aryl methyl sites for hydroxylation is 3. The molecule has 1 aromatic carbocycles. The van der Waals surface area contributed by atoms with E-state index in [2.05, 4.69) is 20.7 Å². The molecule has 2 rings (SSSR count). The molecule has 0 saturated carbocycles. The number of aromatic nitrogens is 2. The van der Waals surface area contributed by atoms with Crippen molar-refractivity contribution in [3.8, 4) is 0 Å². The van der Waals surface area contributed by atoms with Gasteiger partial charge in [-0.15, -0.1) is 0 Å². The molecule has 136 valence electrons. The molecule has 0 spiro atoms. The Labute approximate surface area is 149 Å². The van der Waals surface area contributed by atoms with E-state index in [-0.39, 0.29) is 11.9 Å². The van der Waals surface area contributed by atoms with Gasteiger partial charge in [0.05, 0.1) is 12.2 Å². The molecule has 2 N–H and O–H groups in total. The Morgan fingerprint density at radius 1 is 1.40 bits per heavy atom. The number of nitrogens with one attached hydrogen (secondary N) is 2. The zero-order valence-corrected chi connectivity index (χ0v) is 15.5. The molecule has 0 aliphatic rings. The summed E-state index contributed by atoms with van der Waals surface area (Å²) in [7, 11) is 1.92. The molecule has 5 nitrogen and oxygen atoms in total. The number of rotatable bonds is 7. The van der Waals surface area contributed by atoms with E-state index >= 15 is 0 Å². The summed E-state index contributed by atoms with van der Waals surface area (Å²) in [5.41, 5.74) is 2.79. The van der Waals surface area contributed by atoms with Gasteiger partial charge in [0.15, 0.2) is 5.96 Å². The van der Waals surface area contributed by atoms with Crippen LogP contribution in [-0.2, 0) is 13.5 Å². The van der Waals surface area contributed by atoms with Crippen LogP contribution in [0.25, 0.3) is 0 Å². The van der Waals surface area contributed by atoms with Crippen molar-refractivity contribution in [2.75, 3.05) is 13.1 Å². The van der Waals surface area contributed by atoms with Crippen LogP contribution in [0, 0.1) is 12.7 Å². The maximum Gasteiger partial charge on any atom is 0.191 e. The van der Waals surface area contributed by atoms with Gasteiger partial charge in [-0.2, -0.15) is 5.10 Å². The number of hydrogen-bond acceptors (Lipinski definition) is 2. The van der Waals surface area contributed by atoms with Crippen LogP contribution in [0.15, 0.2) is 35.6 Å². The summed E-state index contributed by atoms with van der Waals surface area (Å²) in [6.45, 7) is 7.31. The predicted octanol–water partition coefficient (Wildman–Crippen LogP) is 3.12. The van der Waals surface area contributed by atoms with Crippen LogP contribution < -0.4 is 10.6 Å². The largest absolute Gasteiger partial charge is 0.357 e. The van der Waals surface area contributed by atoms with Crippen LogP contribution in [0.5, 0.6) is 0 Å². The lowest BCUT2D eigenvalue weighted by atomic mass is 10.1. The van der Waals surface area contributed by atoms with E-state index < -0.39 is 0 Å². The van der Waals surface area contributed by atoms with Gasteiger partial charge >= 0.3 is 0 Å².